The molecule has 4 fully saturated rings. The Morgan fingerprint density at radius 1 is 1.35 bits per heavy atom. The number of hydrogen-bond donors (Lipinski definition) is 2. The van der Waals surface area contributed by atoms with E-state index in [9.17, 15) is 9.59 Å². The van der Waals surface area contributed by atoms with E-state index in [1.165, 1.54) is 6.20 Å². The average molecular weight is 360 g/mol. The third kappa shape index (κ3) is 3.16. The topological polar surface area (TPSA) is 97.8 Å². The van der Waals surface area contributed by atoms with Gasteiger partial charge in [0.15, 0.2) is 0 Å². The molecule has 0 saturated heterocycles. The molecule has 1 aromatic rings. The van der Waals surface area contributed by atoms with Gasteiger partial charge in [0.05, 0.1) is 6.61 Å². The second kappa shape index (κ2) is 6.54. The van der Waals surface area contributed by atoms with E-state index in [2.05, 4.69) is 10.3 Å². The van der Waals surface area contributed by atoms with Crippen molar-refractivity contribution >= 4 is 12.4 Å². The van der Waals surface area contributed by atoms with Gasteiger partial charge in [0.1, 0.15) is 23.7 Å². The predicted molar refractivity (Wildman–Crippen MR) is 91.6 cm³/mol. The Balaban J connectivity index is 1.51. The molecule has 26 heavy (non-hydrogen) atoms. The third-order valence-electron chi connectivity index (χ3n) is 6.01. The summed E-state index contributed by atoms with van der Waals surface area (Å²) < 4.78 is 10.9. The fraction of sp³-hybridized carbons (Fsp3) is 0.632. The third-order valence-corrected chi connectivity index (χ3v) is 6.01. The second-order valence-corrected chi connectivity index (χ2v) is 8.04. The summed E-state index contributed by atoms with van der Waals surface area (Å²) in [7, 11) is 0. The van der Waals surface area contributed by atoms with Gasteiger partial charge in [0.25, 0.3) is 12.4 Å². The lowest BCUT2D eigenvalue weighted by molar-refractivity contribution is -0.177. The highest BCUT2D eigenvalue weighted by atomic mass is 16.5. The molecule has 0 aliphatic heterocycles. The summed E-state index contributed by atoms with van der Waals surface area (Å²) in [5, 5.41) is 12.1. The zero-order valence-corrected chi connectivity index (χ0v) is 14.6. The van der Waals surface area contributed by atoms with E-state index in [4.69, 9.17) is 14.6 Å². The van der Waals surface area contributed by atoms with Crippen molar-refractivity contribution in [1.82, 2.24) is 10.3 Å². The first-order valence-electron chi connectivity index (χ1n) is 9.19. The first-order valence-corrected chi connectivity index (χ1v) is 9.19. The van der Waals surface area contributed by atoms with Gasteiger partial charge in [0, 0.05) is 24.2 Å². The zero-order chi connectivity index (χ0) is 18.2. The van der Waals surface area contributed by atoms with Gasteiger partial charge in [-0.25, -0.2) is 0 Å². The Kier molecular flexibility index (Phi) is 4.34. The molecule has 2 atom stereocenters. The summed E-state index contributed by atoms with van der Waals surface area (Å²) in [6, 6.07) is 3.24. The normalized spacial score (nSPS) is 34.3. The molecule has 1 aromatic heterocycles. The number of aliphatic hydroxyl groups is 1. The standard InChI is InChI=1S/C19H24N2O5/c22-3-4-25-15-1-2-20-16(6-15)17(24)21-18-7-13-5-14(8-18)10-19(9-13,11-18)26-12-23/h1-2,6,12-14,22H,3-5,7-11H2,(H,21,24). The average Bonchev–Trinajstić information content (AvgIpc) is 2.58. The van der Waals surface area contributed by atoms with E-state index >= 15 is 0 Å². The van der Waals surface area contributed by atoms with Crippen molar-refractivity contribution in [2.75, 3.05) is 13.2 Å². The minimum Gasteiger partial charge on any atom is -0.491 e. The second-order valence-electron chi connectivity index (χ2n) is 8.04. The molecule has 2 N–H and O–H groups in total. The lowest BCUT2D eigenvalue weighted by Gasteiger charge is -2.60. The lowest BCUT2D eigenvalue weighted by atomic mass is 9.51. The van der Waals surface area contributed by atoms with Gasteiger partial charge in [-0.1, -0.05) is 0 Å². The number of ether oxygens (including phenoxy) is 2. The van der Waals surface area contributed by atoms with Crippen LogP contribution in [-0.4, -0.2) is 46.8 Å². The molecule has 1 heterocycles. The van der Waals surface area contributed by atoms with Gasteiger partial charge in [-0.05, 0) is 50.0 Å². The number of pyridine rings is 1. The molecule has 140 valence electrons. The SMILES string of the molecule is O=COC12CC3CC(CC(NC(=O)c4cc(OCCO)ccn4)(C3)C1)C2. The van der Waals surface area contributed by atoms with Crippen molar-refractivity contribution in [2.24, 2.45) is 11.8 Å². The van der Waals surface area contributed by atoms with Crippen molar-refractivity contribution < 1.29 is 24.2 Å². The molecule has 4 saturated carbocycles. The number of hydrogen-bond acceptors (Lipinski definition) is 6. The summed E-state index contributed by atoms with van der Waals surface area (Å²) in [5.41, 5.74) is -0.451. The van der Waals surface area contributed by atoms with Crippen LogP contribution in [0.15, 0.2) is 18.3 Å². The fourth-order valence-electron chi connectivity index (χ4n) is 5.66. The van der Waals surface area contributed by atoms with E-state index < -0.39 is 5.60 Å². The Hall–Kier alpha value is -2.15. The Morgan fingerprint density at radius 2 is 2.12 bits per heavy atom. The molecule has 5 rings (SSSR count). The highest BCUT2D eigenvalue weighted by molar-refractivity contribution is 5.93. The molecule has 0 aromatic carbocycles. The molecule has 7 nitrogen and oxygen atoms in total. The number of rotatable bonds is 7. The summed E-state index contributed by atoms with van der Waals surface area (Å²) in [4.78, 5) is 28.0. The van der Waals surface area contributed by atoms with Crippen molar-refractivity contribution in [1.29, 1.82) is 0 Å². The van der Waals surface area contributed by atoms with Gasteiger partial charge >= 0.3 is 0 Å². The van der Waals surface area contributed by atoms with E-state index in [1.54, 1.807) is 12.1 Å². The highest BCUT2D eigenvalue weighted by Crippen LogP contribution is 2.58. The number of nitrogens with zero attached hydrogens (tertiary/aromatic N) is 1. The van der Waals surface area contributed by atoms with Crippen molar-refractivity contribution in [3.05, 3.63) is 24.0 Å². The van der Waals surface area contributed by atoms with Crippen LogP contribution in [0.5, 0.6) is 5.75 Å². The molecule has 4 bridgehead atoms. The summed E-state index contributed by atoms with van der Waals surface area (Å²) in [5.74, 6) is 1.25. The number of nitrogens with one attached hydrogen (secondary N) is 1. The maximum absolute atomic E-state index is 12.8. The van der Waals surface area contributed by atoms with Crippen LogP contribution in [0.25, 0.3) is 0 Å². The molecule has 7 heteroatoms. The predicted octanol–water partition coefficient (Wildman–Crippen LogP) is 1.45. The molecule has 0 radical (unpaired) electrons. The smallest absolute Gasteiger partial charge is 0.293 e. The van der Waals surface area contributed by atoms with Gasteiger partial charge < -0.3 is 19.9 Å². The highest BCUT2D eigenvalue weighted by Gasteiger charge is 2.59. The first kappa shape index (κ1) is 17.3. The fourth-order valence-corrected chi connectivity index (χ4v) is 5.66. The van der Waals surface area contributed by atoms with Gasteiger partial charge in [-0.15, -0.1) is 0 Å². The van der Waals surface area contributed by atoms with Crippen LogP contribution in [0.4, 0.5) is 0 Å². The number of aromatic nitrogens is 1. The van der Waals surface area contributed by atoms with Crippen LogP contribution in [0.2, 0.25) is 0 Å². The monoisotopic (exact) mass is 360 g/mol. The number of carbonyl (C=O) groups excluding carboxylic acids is 2. The lowest BCUT2D eigenvalue weighted by Crippen LogP contribution is -2.66. The quantitative estimate of drug-likeness (QED) is 0.714. The maximum Gasteiger partial charge on any atom is 0.293 e. The molecule has 0 spiro atoms. The Morgan fingerprint density at radius 3 is 2.81 bits per heavy atom. The van der Waals surface area contributed by atoms with Crippen LogP contribution >= 0.6 is 0 Å². The van der Waals surface area contributed by atoms with Crippen LogP contribution in [0, 0.1) is 11.8 Å². The largest absolute Gasteiger partial charge is 0.491 e. The Bertz CT molecular complexity index is 693. The zero-order valence-electron chi connectivity index (χ0n) is 14.6. The Labute approximate surface area is 152 Å². The van der Waals surface area contributed by atoms with Gasteiger partial charge in [-0.3, -0.25) is 14.6 Å². The molecule has 2 unspecified atom stereocenters. The van der Waals surface area contributed by atoms with Crippen molar-refractivity contribution in [3.8, 4) is 5.75 Å². The first-order chi connectivity index (χ1) is 12.6. The van der Waals surface area contributed by atoms with E-state index in [0.29, 0.717) is 36.2 Å². The summed E-state index contributed by atoms with van der Waals surface area (Å²) in [6.07, 6.45) is 7.03. The van der Waals surface area contributed by atoms with Gasteiger partial charge in [0.2, 0.25) is 0 Å². The molecular weight excluding hydrogens is 336 g/mol. The number of aliphatic hydroxyl groups excluding tert-OH is 1. The minimum absolute atomic E-state index is 0.0887. The van der Waals surface area contributed by atoms with Crippen molar-refractivity contribution in [2.45, 2.75) is 49.7 Å². The maximum atomic E-state index is 12.8. The summed E-state index contributed by atoms with van der Waals surface area (Å²) >= 11 is 0. The minimum atomic E-state index is -0.418. The van der Waals surface area contributed by atoms with E-state index in [1.807, 2.05) is 0 Å². The van der Waals surface area contributed by atoms with Gasteiger partial charge in [-0.2, -0.15) is 0 Å². The molecule has 4 aliphatic rings. The van der Waals surface area contributed by atoms with Crippen LogP contribution in [0.1, 0.15) is 49.0 Å². The molecule has 4 aliphatic carbocycles. The number of carbonyl (C=O) groups is 2. The molecular formula is C19H24N2O5. The van der Waals surface area contributed by atoms with Crippen molar-refractivity contribution in [3.63, 3.8) is 0 Å². The van der Waals surface area contributed by atoms with E-state index in [0.717, 1.165) is 32.1 Å². The van der Waals surface area contributed by atoms with E-state index in [-0.39, 0.29) is 24.7 Å². The summed E-state index contributed by atoms with van der Waals surface area (Å²) in [6.45, 7) is 0.644. The number of amides is 1. The van der Waals surface area contributed by atoms with Crippen LogP contribution < -0.4 is 10.1 Å². The van der Waals surface area contributed by atoms with Crippen LogP contribution in [-0.2, 0) is 9.53 Å². The molecule has 1 amide bonds. The van der Waals surface area contributed by atoms with Crippen LogP contribution in [0.3, 0.4) is 0 Å².